The van der Waals surface area contributed by atoms with Crippen molar-refractivity contribution >= 4 is 17.4 Å². The van der Waals surface area contributed by atoms with Gasteiger partial charge in [-0.05, 0) is 81.9 Å². The lowest BCUT2D eigenvalue weighted by Crippen LogP contribution is -2.32. The highest BCUT2D eigenvalue weighted by atomic mass is 16.5. The maximum absolute atomic E-state index is 13.3. The lowest BCUT2D eigenvalue weighted by atomic mass is 9.94. The van der Waals surface area contributed by atoms with E-state index in [1.54, 1.807) is 11.0 Å². The highest BCUT2D eigenvalue weighted by Crippen LogP contribution is 2.41. The molecule has 7 nitrogen and oxygen atoms in total. The largest absolute Gasteiger partial charge is 0.507 e. The van der Waals surface area contributed by atoms with Crippen LogP contribution in [0.2, 0.25) is 0 Å². The van der Waals surface area contributed by atoms with Crippen LogP contribution in [0.15, 0.2) is 48.0 Å². The van der Waals surface area contributed by atoms with Crippen LogP contribution in [0, 0.1) is 0 Å². The first-order valence-electron chi connectivity index (χ1n) is 12.3. The number of Topliss-reactive ketones (excluding diaryl/α,β-unsaturated/α-hetero) is 1. The van der Waals surface area contributed by atoms with Crippen molar-refractivity contribution in [2.24, 2.45) is 0 Å². The van der Waals surface area contributed by atoms with E-state index in [4.69, 9.17) is 9.47 Å². The van der Waals surface area contributed by atoms with E-state index >= 15 is 0 Å². The summed E-state index contributed by atoms with van der Waals surface area (Å²) in [5.74, 6) is 0.0451. The van der Waals surface area contributed by atoms with Gasteiger partial charge >= 0.3 is 0 Å². The van der Waals surface area contributed by atoms with Gasteiger partial charge in [-0.2, -0.15) is 0 Å². The molecule has 2 aliphatic rings. The number of ether oxygens (including phenoxy) is 2. The van der Waals surface area contributed by atoms with Crippen LogP contribution in [-0.4, -0.2) is 66.5 Å². The lowest BCUT2D eigenvalue weighted by molar-refractivity contribution is -0.139. The number of hydrogen-bond acceptors (Lipinski definition) is 6. The molecule has 0 aromatic heterocycles. The van der Waals surface area contributed by atoms with Crippen LogP contribution in [-0.2, 0) is 16.0 Å². The van der Waals surface area contributed by atoms with Gasteiger partial charge in [0.25, 0.3) is 11.7 Å². The van der Waals surface area contributed by atoms with Gasteiger partial charge in [-0.25, -0.2) is 0 Å². The molecule has 2 atom stereocenters. The molecule has 1 saturated heterocycles. The Hall–Kier alpha value is -3.32. The van der Waals surface area contributed by atoms with Gasteiger partial charge in [0.2, 0.25) is 0 Å². The quantitative estimate of drug-likeness (QED) is 0.331. The fourth-order valence-corrected chi connectivity index (χ4v) is 4.73. The molecule has 1 amide bonds. The fourth-order valence-electron chi connectivity index (χ4n) is 4.73. The number of fused-ring (bicyclic) bond motifs is 1. The summed E-state index contributed by atoms with van der Waals surface area (Å²) >= 11 is 0. The Kier molecular flexibility index (Phi) is 7.45. The van der Waals surface area contributed by atoms with Crippen molar-refractivity contribution in [2.75, 3.05) is 33.8 Å². The monoisotopic (exact) mass is 478 g/mol. The molecule has 1 fully saturated rings. The van der Waals surface area contributed by atoms with E-state index < -0.39 is 17.7 Å². The Morgan fingerprint density at radius 1 is 1.20 bits per heavy atom. The minimum atomic E-state index is -0.689. The van der Waals surface area contributed by atoms with E-state index in [0.717, 1.165) is 36.3 Å². The number of rotatable bonds is 9. The highest BCUT2D eigenvalue weighted by molar-refractivity contribution is 6.46. The summed E-state index contributed by atoms with van der Waals surface area (Å²) in [7, 11) is 3.94. The molecule has 35 heavy (non-hydrogen) atoms. The molecule has 7 heteroatoms. The van der Waals surface area contributed by atoms with Crippen molar-refractivity contribution in [2.45, 2.75) is 45.3 Å². The predicted molar refractivity (Wildman–Crippen MR) is 135 cm³/mol. The van der Waals surface area contributed by atoms with Crippen LogP contribution in [0.5, 0.6) is 11.5 Å². The average molecular weight is 479 g/mol. The number of hydrogen-bond donors (Lipinski definition) is 1. The summed E-state index contributed by atoms with van der Waals surface area (Å²) in [6.07, 6.45) is 2.37. The van der Waals surface area contributed by atoms with E-state index in [2.05, 4.69) is 0 Å². The Labute approximate surface area is 206 Å². The average Bonchev–Trinajstić information content (AvgIpc) is 3.33. The first-order valence-corrected chi connectivity index (χ1v) is 12.3. The van der Waals surface area contributed by atoms with Gasteiger partial charge in [-0.15, -0.1) is 0 Å². The zero-order valence-corrected chi connectivity index (χ0v) is 20.9. The Morgan fingerprint density at radius 2 is 2.00 bits per heavy atom. The second kappa shape index (κ2) is 10.5. The SMILES string of the molecule is CCCOc1cccc([C@H]2C(=C(O)c3ccc4c(c3)C[C@@H](C)O4)C(=O)C(=O)N2CCCN(C)C)c1. The summed E-state index contributed by atoms with van der Waals surface area (Å²) < 4.78 is 11.6. The first kappa shape index (κ1) is 24.8. The van der Waals surface area contributed by atoms with Gasteiger partial charge < -0.3 is 24.4 Å². The third-order valence-corrected chi connectivity index (χ3v) is 6.36. The minimum absolute atomic E-state index is 0.0653. The van der Waals surface area contributed by atoms with Crippen LogP contribution in [0.4, 0.5) is 0 Å². The molecule has 2 aliphatic heterocycles. The molecule has 186 valence electrons. The van der Waals surface area contributed by atoms with Crippen molar-refractivity contribution in [3.05, 3.63) is 64.7 Å². The minimum Gasteiger partial charge on any atom is -0.507 e. The summed E-state index contributed by atoms with van der Waals surface area (Å²) in [5, 5.41) is 11.4. The van der Waals surface area contributed by atoms with Crippen LogP contribution in [0.25, 0.3) is 5.76 Å². The predicted octanol–water partition coefficient (Wildman–Crippen LogP) is 4.17. The highest BCUT2D eigenvalue weighted by Gasteiger charge is 2.46. The summed E-state index contributed by atoms with van der Waals surface area (Å²) in [5.41, 5.74) is 2.34. The number of carbonyl (C=O) groups is 2. The second-order valence-corrected chi connectivity index (χ2v) is 9.53. The molecule has 2 heterocycles. The number of nitrogens with zero attached hydrogens (tertiary/aromatic N) is 2. The van der Waals surface area contributed by atoms with E-state index in [1.165, 1.54) is 0 Å². The summed E-state index contributed by atoms with van der Waals surface area (Å²) in [6.45, 7) is 5.78. The number of aliphatic hydroxyl groups excluding tert-OH is 1. The van der Waals surface area contributed by atoms with Crippen molar-refractivity contribution in [3.63, 3.8) is 0 Å². The zero-order valence-electron chi connectivity index (χ0n) is 20.9. The maximum Gasteiger partial charge on any atom is 0.295 e. The van der Waals surface area contributed by atoms with Crippen molar-refractivity contribution < 1.29 is 24.2 Å². The Balaban J connectivity index is 1.77. The lowest BCUT2D eigenvalue weighted by Gasteiger charge is -2.26. The molecule has 1 N–H and O–H groups in total. The third kappa shape index (κ3) is 5.20. The Bertz CT molecular complexity index is 1140. The van der Waals surface area contributed by atoms with Gasteiger partial charge in [-0.1, -0.05) is 19.1 Å². The van der Waals surface area contributed by atoms with Crippen LogP contribution < -0.4 is 9.47 Å². The van der Waals surface area contributed by atoms with E-state index in [0.29, 0.717) is 30.9 Å². The fraction of sp³-hybridized carbons (Fsp3) is 0.429. The van der Waals surface area contributed by atoms with Crippen molar-refractivity contribution in [1.82, 2.24) is 9.80 Å². The standard InChI is InChI=1S/C28H34N2O5/c1-5-14-34-22-9-6-8-19(17-22)25-24(27(32)28(33)30(25)13-7-12-29(3)4)26(31)20-10-11-23-21(16-20)15-18(2)35-23/h6,8-11,16-18,25,31H,5,7,12-15H2,1-4H3/t18-,25+/m1/s1. The topological polar surface area (TPSA) is 79.3 Å². The third-order valence-electron chi connectivity index (χ3n) is 6.36. The molecule has 0 unspecified atom stereocenters. The molecule has 0 bridgehead atoms. The summed E-state index contributed by atoms with van der Waals surface area (Å²) in [6, 6.07) is 12.2. The molecule has 0 saturated carbocycles. The number of likely N-dealkylation sites (tertiary alicyclic amines) is 1. The molecule has 4 rings (SSSR count). The molecule has 0 aliphatic carbocycles. The number of carbonyl (C=O) groups excluding carboxylic acids is 2. The second-order valence-electron chi connectivity index (χ2n) is 9.53. The maximum atomic E-state index is 13.3. The first-order chi connectivity index (χ1) is 16.8. The molecule has 2 aromatic carbocycles. The zero-order chi connectivity index (χ0) is 25.1. The normalized spacial score (nSPS) is 20.9. The number of benzene rings is 2. The van der Waals surface area contributed by atoms with Crippen molar-refractivity contribution in [1.29, 1.82) is 0 Å². The van der Waals surface area contributed by atoms with E-state index in [-0.39, 0.29) is 17.4 Å². The van der Waals surface area contributed by atoms with Crippen LogP contribution >= 0.6 is 0 Å². The van der Waals surface area contributed by atoms with Gasteiger partial charge in [0.1, 0.15) is 23.4 Å². The summed E-state index contributed by atoms with van der Waals surface area (Å²) in [4.78, 5) is 30.1. The smallest absolute Gasteiger partial charge is 0.295 e. The number of amides is 1. The van der Waals surface area contributed by atoms with Crippen LogP contribution in [0.1, 0.15) is 49.4 Å². The van der Waals surface area contributed by atoms with E-state index in [1.807, 2.05) is 69.2 Å². The van der Waals surface area contributed by atoms with Gasteiger partial charge in [0.05, 0.1) is 18.2 Å². The number of aliphatic hydroxyl groups is 1. The van der Waals surface area contributed by atoms with Gasteiger partial charge in [0, 0.05) is 18.5 Å². The Morgan fingerprint density at radius 3 is 2.74 bits per heavy atom. The van der Waals surface area contributed by atoms with Gasteiger partial charge in [-0.3, -0.25) is 9.59 Å². The molecule has 2 aromatic rings. The van der Waals surface area contributed by atoms with Gasteiger partial charge in [0.15, 0.2) is 0 Å². The molecular formula is C28H34N2O5. The molecule has 0 radical (unpaired) electrons. The molecule has 0 spiro atoms. The van der Waals surface area contributed by atoms with Crippen LogP contribution in [0.3, 0.4) is 0 Å². The van der Waals surface area contributed by atoms with Crippen molar-refractivity contribution in [3.8, 4) is 11.5 Å². The van der Waals surface area contributed by atoms with E-state index in [9.17, 15) is 14.7 Å². The molecular weight excluding hydrogens is 444 g/mol. The number of ketones is 1.